The zero-order valence-electron chi connectivity index (χ0n) is 11.0. The molecule has 2 aliphatic heterocycles. The number of hydrogen-bond acceptors (Lipinski definition) is 3. The lowest BCUT2D eigenvalue weighted by Gasteiger charge is -2.41. The van der Waals surface area contributed by atoms with E-state index < -0.39 is 0 Å². The maximum absolute atomic E-state index is 5.94. The minimum absolute atomic E-state index is 0.549. The lowest BCUT2D eigenvalue weighted by atomic mass is 9.89. The zero-order valence-corrected chi connectivity index (χ0v) is 11.0. The van der Waals surface area contributed by atoms with Gasteiger partial charge in [0, 0.05) is 25.2 Å². The van der Waals surface area contributed by atoms with Gasteiger partial charge in [0.15, 0.2) is 0 Å². The van der Waals surface area contributed by atoms with Crippen LogP contribution in [0.15, 0.2) is 0 Å². The molecule has 3 aliphatic rings. The molecule has 1 aliphatic carbocycles. The van der Waals surface area contributed by atoms with Crippen LogP contribution in [-0.4, -0.2) is 48.8 Å². The predicted molar refractivity (Wildman–Crippen MR) is 69.2 cm³/mol. The topological polar surface area (TPSA) is 24.5 Å². The Morgan fingerprint density at radius 1 is 1.12 bits per heavy atom. The highest BCUT2D eigenvalue weighted by Gasteiger charge is 2.37. The fourth-order valence-corrected chi connectivity index (χ4v) is 3.91. The van der Waals surface area contributed by atoms with Crippen LogP contribution in [0.3, 0.4) is 0 Å². The van der Waals surface area contributed by atoms with Gasteiger partial charge in [-0.2, -0.15) is 0 Å². The molecule has 0 radical (unpaired) electrons. The number of nitrogens with zero attached hydrogens (tertiary/aromatic N) is 1. The fourth-order valence-electron chi connectivity index (χ4n) is 3.91. The third-order valence-corrected chi connectivity index (χ3v) is 4.73. The summed E-state index contributed by atoms with van der Waals surface area (Å²) in [7, 11) is 0. The van der Waals surface area contributed by atoms with Crippen molar-refractivity contribution in [3.63, 3.8) is 0 Å². The van der Waals surface area contributed by atoms with Crippen LogP contribution in [0.5, 0.6) is 0 Å². The Hall–Kier alpha value is -0.120. The van der Waals surface area contributed by atoms with E-state index in [9.17, 15) is 0 Å². The van der Waals surface area contributed by atoms with Crippen LogP contribution in [-0.2, 0) is 4.74 Å². The molecule has 3 heteroatoms. The van der Waals surface area contributed by atoms with E-state index in [1.807, 2.05) is 0 Å². The van der Waals surface area contributed by atoms with Crippen LogP contribution in [0.1, 0.15) is 45.4 Å². The second kappa shape index (κ2) is 5.25. The van der Waals surface area contributed by atoms with E-state index in [4.69, 9.17) is 4.74 Å². The van der Waals surface area contributed by atoms with Crippen molar-refractivity contribution < 1.29 is 4.74 Å². The van der Waals surface area contributed by atoms with Crippen molar-refractivity contribution in [2.75, 3.05) is 19.6 Å². The molecular weight excluding hydrogens is 212 g/mol. The third kappa shape index (κ3) is 2.67. The van der Waals surface area contributed by atoms with Crippen molar-refractivity contribution in [3.05, 3.63) is 0 Å². The number of ether oxygens (including phenoxy) is 1. The molecule has 0 aromatic heterocycles. The molecule has 3 fully saturated rings. The molecule has 98 valence electrons. The Kier molecular flexibility index (Phi) is 3.69. The number of fused-ring (bicyclic) bond motifs is 2. The van der Waals surface area contributed by atoms with Crippen molar-refractivity contribution in [1.29, 1.82) is 0 Å². The summed E-state index contributed by atoms with van der Waals surface area (Å²) in [6, 6.07) is 1.58. The van der Waals surface area contributed by atoms with Gasteiger partial charge in [0.25, 0.3) is 0 Å². The molecule has 3 nitrogen and oxygen atoms in total. The molecule has 17 heavy (non-hydrogen) atoms. The van der Waals surface area contributed by atoms with Crippen molar-refractivity contribution >= 4 is 0 Å². The van der Waals surface area contributed by atoms with E-state index >= 15 is 0 Å². The first-order valence-electron chi connectivity index (χ1n) is 7.48. The zero-order chi connectivity index (χ0) is 11.7. The minimum atomic E-state index is 0.549. The fraction of sp³-hybridized carbons (Fsp3) is 1.00. The third-order valence-electron chi connectivity index (χ3n) is 4.73. The summed E-state index contributed by atoms with van der Waals surface area (Å²) >= 11 is 0. The van der Waals surface area contributed by atoms with Crippen molar-refractivity contribution in [2.24, 2.45) is 0 Å². The highest BCUT2D eigenvalue weighted by atomic mass is 16.5. The second-order valence-corrected chi connectivity index (χ2v) is 5.99. The first kappa shape index (κ1) is 11.9. The predicted octanol–water partition coefficient (Wildman–Crippen LogP) is 1.77. The molecule has 1 saturated carbocycles. The molecule has 4 unspecified atom stereocenters. The van der Waals surface area contributed by atoms with E-state index in [0.717, 1.165) is 18.6 Å². The van der Waals surface area contributed by atoms with Gasteiger partial charge in [0.05, 0.1) is 12.2 Å². The van der Waals surface area contributed by atoms with Crippen molar-refractivity contribution in [1.82, 2.24) is 10.2 Å². The summed E-state index contributed by atoms with van der Waals surface area (Å²) < 4.78 is 5.94. The molecule has 0 amide bonds. The Balaban J connectivity index is 1.56. The van der Waals surface area contributed by atoms with Crippen LogP contribution in [0, 0.1) is 0 Å². The van der Waals surface area contributed by atoms with Gasteiger partial charge in [0.1, 0.15) is 0 Å². The Morgan fingerprint density at radius 3 is 2.59 bits per heavy atom. The van der Waals surface area contributed by atoms with E-state index in [1.165, 1.54) is 51.6 Å². The monoisotopic (exact) mass is 238 g/mol. The van der Waals surface area contributed by atoms with E-state index in [2.05, 4.69) is 17.1 Å². The van der Waals surface area contributed by atoms with Gasteiger partial charge in [-0.1, -0.05) is 13.3 Å². The minimum Gasteiger partial charge on any atom is -0.372 e. The molecule has 4 atom stereocenters. The normalized spacial score (nSPS) is 42.9. The Labute approximate surface area is 105 Å². The number of morpholine rings is 1. The van der Waals surface area contributed by atoms with Crippen LogP contribution in [0.25, 0.3) is 0 Å². The summed E-state index contributed by atoms with van der Waals surface area (Å²) in [6.07, 6.45) is 9.22. The van der Waals surface area contributed by atoms with Crippen LogP contribution in [0.2, 0.25) is 0 Å². The average molecular weight is 238 g/mol. The average Bonchev–Trinajstić information content (AvgIpc) is 2.69. The van der Waals surface area contributed by atoms with Crippen molar-refractivity contribution in [3.8, 4) is 0 Å². The molecule has 0 aromatic rings. The highest BCUT2D eigenvalue weighted by Crippen LogP contribution is 2.31. The lowest BCUT2D eigenvalue weighted by molar-refractivity contribution is -0.0587. The van der Waals surface area contributed by atoms with Gasteiger partial charge in [-0.15, -0.1) is 0 Å². The van der Waals surface area contributed by atoms with Crippen molar-refractivity contribution in [2.45, 2.75) is 69.7 Å². The second-order valence-electron chi connectivity index (χ2n) is 5.99. The van der Waals surface area contributed by atoms with Crippen LogP contribution < -0.4 is 5.32 Å². The standard InChI is InChI=1S/C14H26N2O/c1-2-15-11-4-3-5-12(8-11)16-9-13-6-7-14(10-16)17-13/h11-15H,2-10H2,1H3. The first-order valence-corrected chi connectivity index (χ1v) is 7.48. The smallest absolute Gasteiger partial charge is 0.0707 e. The first-order chi connectivity index (χ1) is 8.35. The number of likely N-dealkylation sites (tertiary alicyclic amines) is 1. The molecule has 2 heterocycles. The molecule has 0 aromatic carbocycles. The maximum atomic E-state index is 5.94. The summed E-state index contributed by atoms with van der Waals surface area (Å²) in [5, 5.41) is 3.63. The van der Waals surface area contributed by atoms with Gasteiger partial charge >= 0.3 is 0 Å². The molecular formula is C14H26N2O. The maximum Gasteiger partial charge on any atom is 0.0707 e. The summed E-state index contributed by atoms with van der Waals surface area (Å²) in [6.45, 7) is 5.73. The molecule has 0 spiro atoms. The Morgan fingerprint density at radius 2 is 1.88 bits per heavy atom. The molecule has 1 N–H and O–H groups in total. The number of rotatable bonds is 3. The summed E-state index contributed by atoms with van der Waals surface area (Å²) in [4.78, 5) is 2.73. The van der Waals surface area contributed by atoms with Gasteiger partial charge in [0.2, 0.25) is 0 Å². The van der Waals surface area contributed by atoms with Crippen LogP contribution >= 0.6 is 0 Å². The summed E-state index contributed by atoms with van der Waals surface area (Å²) in [5.74, 6) is 0. The largest absolute Gasteiger partial charge is 0.372 e. The highest BCUT2D eigenvalue weighted by molar-refractivity contribution is 4.91. The quantitative estimate of drug-likeness (QED) is 0.811. The molecule has 3 rings (SSSR count). The molecule has 2 bridgehead atoms. The van der Waals surface area contributed by atoms with E-state index in [1.54, 1.807) is 0 Å². The molecule has 2 saturated heterocycles. The summed E-state index contributed by atoms with van der Waals surface area (Å²) in [5.41, 5.74) is 0. The van der Waals surface area contributed by atoms with Gasteiger partial charge in [-0.25, -0.2) is 0 Å². The van der Waals surface area contributed by atoms with Gasteiger partial charge in [-0.05, 0) is 38.6 Å². The van der Waals surface area contributed by atoms with Gasteiger partial charge in [-0.3, -0.25) is 4.90 Å². The van der Waals surface area contributed by atoms with E-state index in [0.29, 0.717) is 12.2 Å². The van der Waals surface area contributed by atoms with Gasteiger partial charge < -0.3 is 10.1 Å². The number of hydrogen-bond donors (Lipinski definition) is 1. The number of nitrogens with one attached hydrogen (secondary N) is 1. The SMILES string of the molecule is CCNC1CCCC(N2CC3CCC(C2)O3)C1. The Bertz CT molecular complexity index is 245. The van der Waals surface area contributed by atoms with E-state index in [-0.39, 0.29) is 0 Å². The lowest BCUT2D eigenvalue weighted by Crippen LogP contribution is -2.51. The van der Waals surface area contributed by atoms with Crippen LogP contribution in [0.4, 0.5) is 0 Å².